The largest absolute Gasteiger partial charge is 0.311 e. The molecule has 1 heterocycles. The molecule has 15 heavy (non-hydrogen) atoms. The topological polar surface area (TPSA) is 28.2 Å². The first kappa shape index (κ1) is 12.2. The third-order valence-corrected chi connectivity index (χ3v) is 2.68. The summed E-state index contributed by atoms with van der Waals surface area (Å²) < 4.78 is 0. The van der Waals surface area contributed by atoms with Crippen LogP contribution in [0.5, 0.6) is 0 Å². The molecule has 0 saturated carbocycles. The van der Waals surface area contributed by atoms with E-state index in [0.29, 0.717) is 0 Å². The Labute approximate surface area is 95.5 Å². The van der Waals surface area contributed by atoms with Crippen LogP contribution >= 0.6 is 11.3 Å². The standard InChI is InChI=1S/C11H17N3S/c1-3-6-14(2)7-4-5-12-8-11-9-15-10-13-11/h1,9-10,12H,4-8H2,2H3. The first-order chi connectivity index (χ1) is 7.33. The Morgan fingerprint density at radius 2 is 2.53 bits per heavy atom. The lowest BCUT2D eigenvalue weighted by Crippen LogP contribution is -2.24. The van der Waals surface area contributed by atoms with Crippen molar-refractivity contribution in [1.29, 1.82) is 0 Å². The molecule has 3 nitrogen and oxygen atoms in total. The highest BCUT2D eigenvalue weighted by Crippen LogP contribution is 1.99. The van der Waals surface area contributed by atoms with Gasteiger partial charge in [-0.05, 0) is 26.6 Å². The van der Waals surface area contributed by atoms with Crippen molar-refractivity contribution in [3.63, 3.8) is 0 Å². The van der Waals surface area contributed by atoms with Crippen molar-refractivity contribution in [3.05, 3.63) is 16.6 Å². The fourth-order valence-corrected chi connectivity index (χ4v) is 1.81. The molecular weight excluding hydrogens is 206 g/mol. The smallest absolute Gasteiger partial charge is 0.0795 e. The molecule has 0 atom stereocenters. The van der Waals surface area contributed by atoms with Gasteiger partial charge in [-0.3, -0.25) is 4.90 Å². The molecule has 82 valence electrons. The summed E-state index contributed by atoms with van der Waals surface area (Å²) in [6.45, 7) is 3.63. The van der Waals surface area contributed by atoms with E-state index in [9.17, 15) is 0 Å². The molecule has 1 rings (SSSR count). The van der Waals surface area contributed by atoms with Crippen LogP contribution < -0.4 is 5.32 Å². The van der Waals surface area contributed by atoms with E-state index in [-0.39, 0.29) is 0 Å². The van der Waals surface area contributed by atoms with Gasteiger partial charge in [-0.1, -0.05) is 5.92 Å². The predicted molar refractivity (Wildman–Crippen MR) is 64.8 cm³/mol. The third kappa shape index (κ3) is 5.53. The summed E-state index contributed by atoms with van der Waals surface area (Å²) in [5.41, 5.74) is 2.98. The maximum Gasteiger partial charge on any atom is 0.0795 e. The van der Waals surface area contributed by atoms with Crippen LogP contribution in [-0.2, 0) is 6.54 Å². The zero-order valence-electron chi connectivity index (χ0n) is 9.07. The normalized spacial score (nSPS) is 10.5. The van der Waals surface area contributed by atoms with Crippen LogP contribution in [0.3, 0.4) is 0 Å². The van der Waals surface area contributed by atoms with E-state index in [2.05, 4.69) is 26.5 Å². The Bertz CT molecular complexity index is 289. The predicted octanol–water partition coefficient (Wildman–Crippen LogP) is 1.19. The quantitative estimate of drug-likeness (QED) is 0.556. The molecule has 1 aromatic rings. The first-order valence-electron chi connectivity index (χ1n) is 5.02. The van der Waals surface area contributed by atoms with Crippen molar-refractivity contribution in [2.45, 2.75) is 13.0 Å². The number of nitrogens with zero attached hydrogens (tertiary/aromatic N) is 2. The van der Waals surface area contributed by atoms with E-state index in [1.165, 1.54) is 0 Å². The Morgan fingerprint density at radius 3 is 3.20 bits per heavy atom. The van der Waals surface area contributed by atoms with E-state index in [4.69, 9.17) is 6.42 Å². The first-order valence-corrected chi connectivity index (χ1v) is 5.97. The number of hydrogen-bond acceptors (Lipinski definition) is 4. The number of rotatable bonds is 7. The lowest BCUT2D eigenvalue weighted by atomic mass is 10.3. The van der Waals surface area contributed by atoms with Crippen molar-refractivity contribution < 1.29 is 0 Å². The number of terminal acetylenes is 1. The fourth-order valence-electron chi connectivity index (χ4n) is 1.25. The van der Waals surface area contributed by atoms with Crippen LogP contribution in [0.1, 0.15) is 12.1 Å². The van der Waals surface area contributed by atoms with E-state index < -0.39 is 0 Å². The summed E-state index contributed by atoms with van der Waals surface area (Å²) in [5, 5.41) is 5.42. The van der Waals surface area contributed by atoms with Gasteiger partial charge in [0.25, 0.3) is 0 Å². The molecule has 4 heteroatoms. The summed E-state index contributed by atoms with van der Waals surface area (Å²) in [7, 11) is 2.04. The number of thiazole rings is 1. The Hall–Kier alpha value is -0.890. The monoisotopic (exact) mass is 223 g/mol. The molecule has 0 aromatic carbocycles. The molecule has 0 aliphatic heterocycles. The minimum absolute atomic E-state index is 0.728. The van der Waals surface area contributed by atoms with Crippen molar-refractivity contribution >= 4 is 11.3 Å². The van der Waals surface area contributed by atoms with Gasteiger partial charge in [-0.15, -0.1) is 17.8 Å². The average molecular weight is 223 g/mol. The molecule has 0 unspecified atom stereocenters. The van der Waals surface area contributed by atoms with Crippen LogP contribution in [0.4, 0.5) is 0 Å². The highest BCUT2D eigenvalue weighted by molar-refractivity contribution is 7.07. The maximum absolute atomic E-state index is 5.21. The number of aromatic nitrogens is 1. The molecule has 0 aliphatic rings. The molecule has 1 N–H and O–H groups in total. The van der Waals surface area contributed by atoms with E-state index in [0.717, 1.165) is 38.3 Å². The molecular formula is C11H17N3S. The summed E-state index contributed by atoms with van der Waals surface area (Å²) in [6, 6.07) is 0. The van der Waals surface area contributed by atoms with Gasteiger partial charge < -0.3 is 5.32 Å². The minimum Gasteiger partial charge on any atom is -0.311 e. The molecule has 0 radical (unpaired) electrons. The lowest BCUT2D eigenvalue weighted by Gasteiger charge is -2.12. The third-order valence-electron chi connectivity index (χ3n) is 2.04. The molecule has 0 saturated heterocycles. The van der Waals surface area contributed by atoms with Crippen molar-refractivity contribution in [1.82, 2.24) is 15.2 Å². The Morgan fingerprint density at radius 1 is 1.67 bits per heavy atom. The lowest BCUT2D eigenvalue weighted by molar-refractivity contribution is 0.365. The molecule has 0 amide bonds. The van der Waals surface area contributed by atoms with Crippen molar-refractivity contribution in [2.24, 2.45) is 0 Å². The molecule has 0 spiro atoms. The Kier molecular flexibility index (Phi) is 6.02. The van der Waals surface area contributed by atoms with Crippen molar-refractivity contribution in [2.75, 3.05) is 26.7 Å². The van der Waals surface area contributed by atoms with Crippen LogP contribution in [0.2, 0.25) is 0 Å². The minimum atomic E-state index is 0.728. The van der Waals surface area contributed by atoms with E-state index in [1.807, 2.05) is 12.6 Å². The van der Waals surface area contributed by atoms with Crippen molar-refractivity contribution in [3.8, 4) is 12.3 Å². The maximum atomic E-state index is 5.21. The van der Waals surface area contributed by atoms with Crippen LogP contribution in [-0.4, -0.2) is 36.6 Å². The second-order valence-corrected chi connectivity index (χ2v) is 4.17. The number of nitrogens with one attached hydrogen (secondary N) is 1. The van der Waals surface area contributed by atoms with Gasteiger partial charge in [-0.25, -0.2) is 4.98 Å². The van der Waals surface area contributed by atoms with E-state index >= 15 is 0 Å². The molecule has 0 fully saturated rings. The van der Waals surface area contributed by atoms with Gasteiger partial charge in [0, 0.05) is 11.9 Å². The zero-order valence-corrected chi connectivity index (χ0v) is 9.89. The van der Waals surface area contributed by atoms with Crippen LogP contribution in [0.15, 0.2) is 10.9 Å². The average Bonchev–Trinajstić information content (AvgIpc) is 2.70. The zero-order chi connectivity index (χ0) is 10.9. The van der Waals surface area contributed by atoms with Crippen LogP contribution in [0.25, 0.3) is 0 Å². The second kappa shape index (κ2) is 7.41. The van der Waals surface area contributed by atoms with Gasteiger partial charge >= 0.3 is 0 Å². The SMILES string of the molecule is C#CCN(C)CCCNCc1cscn1. The second-order valence-electron chi connectivity index (χ2n) is 3.45. The van der Waals surface area contributed by atoms with E-state index in [1.54, 1.807) is 11.3 Å². The Balaban J connectivity index is 1.96. The molecule has 0 bridgehead atoms. The molecule has 1 aromatic heterocycles. The number of hydrogen-bond donors (Lipinski definition) is 1. The van der Waals surface area contributed by atoms with Gasteiger partial charge in [0.1, 0.15) is 0 Å². The van der Waals surface area contributed by atoms with Gasteiger partial charge in [0.05, 0.1) is 17.7 Å². The fraction of sp³-hybridized carbons (Fsp3) is 0.545. The van der Waals surface area contributed by atoms with Gasteiger partial charge in [-0.2, -0.15) is 0 Å². The van der Waals surface area contributed by atoms with Crippen LogP contribution in [0, 0.1) is 12.3 Å². The summed E-state index contributed by atoms with van der Waals surface area (Å²) >= 11 is 1.63. The summed E-state index contributed by atoms with van der Waals surface area (Å²) in [4.78, 5) is 6.34. The molecule has 0 aliphatic carbocycles. The van der Waals surface area contributed by atoms with Gasteiger partial charge in [0.15, 0.2) is 0 Å². The highest BCUT2D eigenvalue weighted by Gasteiger charge is 1.96. The van der Waals surface area contributed by atoms with Gasteiger partial charge in [0.2, 0.25) is 0 Å². The summed E-state index contributed by atoms with van der Waals surface area (Å²) in [5.74, 6) is 2.63. The highest BCUT2D eigenvalue weighted by atomic mass is 32.1. The summed E-state index contributed by atoms with van der Waals surface area (Å²) in [6.07, 6.45) is 6.32.